The maximum atomic E-state index is 13.7. The van der Waals surface area contributed by atoms with Crippen molar-refractivity contribution in [3.8, 4) is 0 Å². The second-order valence-electron chi connectivity index (χ2n) is 3.92. The van der Waals surface area contributed by atoms with E-state index in [1.165, 1.54) is 6.20 Å². The number of alkyl halides is 2. The van der Waals surface area contributed by atoms with Crippen molar-refractivity contribution in [2.75, 3.05) is 12.3 Å². The minimum Gasteiger partial charge on any atom is -0.394 e. The smallest absolute Gasteiger partial charge is 0.351 e. The van der Waals surface area contributed by atoms with Gasteiger partial charge in [-0.1, -0.05) is 0 Å². The second-order valence-corrected chi connectivity index (χ2v) is 5.08. The highest BCUT2D eigenvalue weighted by molar-refractivity contribution is 14.1. The summed E-state index contributed by atoms with van der Waals surface area (Å²) in [5, 5.41) is 8.85. The molecule has 9 heteroatoms. The molecule has 0 bridgehead atoms. The topological polar surface area (TPSA) is 90.4 Å². The quantitative estimate of drug-likeness (QED) is 0.731. The summed E-state index contributed by atoms with van der Waals surface area (Å²) < 4.78 is 33.4. The Morgan fingerprint density at radius 2 is 2.39 bits per heavy atom. The molecule has 1 aliphatic heterocycles. The lowest BCUT2D eigenvalue weighted by Gasteiger charge is -2.20. The Labute approximate surface area is 114 Å². The molecular formula is C9H10F2IN3O3. The van der Waals surface area contributed by atoms with E-state index in [1.54, 1.807) is 22.6 Å². The number of rotatable bonds is 2. The van der Waals surface area contributed by atoms with Crippen LogP contribution in [0.4, 0.5) is 14.6 Å². The summed E-state index contributed by atoms with van der Waals surface area (Å²) in [6, 6.07) is 0. The molecule has 0 amide bonds. The van der Waals surface area contributed by atoms with Crippen LogP contribution in [0.3, 0.4) is 0 Å². The largest absolute Gasteiger partial charge is 0.394 e. The number of halogens is 3. The van der Waals surface area contributed by atoms with Crippen LogP contribution in [-0.2, 0) is 4.74 Å². The molecule has 3 N–H and O–H groups in total. The van der Waals surface area contributed by atoms with Gasteiger partial charge in [0.2, 0.25) is 6.23 Å². The summed E-state index contributed by atoms with van der Waals surface area (Å²) in [5.41, 5.74) is 4.50. The van der Waals surface area contributed by atoms with Crippen molar-refractivity contribution in [1.82, 2.24) is 9.55 Å². The highest BCUT2D eigenvalue weighted by Crippen LogP contribution is 2.41. The minimum absolute atomic E-state index is 0.0168. The Hall–Kier alpha value is -0.810. The fourth-order valence-corrected chi connectivity index (χ4v) is 2.16. The number of hydrogen-bond acceptors (Lipinski definition) is 5. The zero-order valence-corrected chi connectivity index (χ0v) is 11.2. The Morgan fingerprint density at radius 3 is 2.94 bits per heavy atom. The predicted molar refractivity (Wildman–Crippen MR) is 66.2 cm³/mol. The number of nitrogens with zero attached hydrogens (tertiary/aromatic N) is 2. The summed E-state index contributed by atoms with van der Waals surface area (Å²) in [4.78, 5) is 15.0. The van der Waals surface area contributed by atoms with Gasteiger partial charge in [0.1, 0.15) is 5.82 Å². The van der Waals surface area contributed by atoms with E-state index < -0.39 is 37.0 Å². The molecule has 0 spiro atoms. The molecule has 0 radical (unpaired) electrons. The molecule has 1 aromatic heterocycles. The molecule has 0 unspecified atom stereocenters. The number of nitrogens with two attached hydrogens (primary N) is 1. The van der Waals surface area contributed by atoms with Gasteiger partial charge in [-0.3, -0.25) is 4.57 Å². The minimum atomic E-state index is -3.24. The van der Waals surface area contributed by atoms with Gasteiger partial charge in [-0.25, -0.2) is 13.6 Å². The average Bonchev–Trinajstić information content (AvgIpc) is 2.59. The van der Waals surface area contributed by atoms with Gasteiger partial charge in [0, 0.05) is 12.6 Å². The van der Waals surface area contributed by atoms with E-state index in [2.05, 4.69) is 4.98 Å². The summed E-state index contributed by atoms with van der Waals surface area (Å²) >= 11 is 1.78. The first-order valence-corrected chi connectivity index (χ1v) is 6.11. The molecule has 0 saturated carbocycles. The highest BCUT2D eigenvalue weighted by atomic mass is 127. The van der Waals surface area contributed by atoms with Crippen LogP contribution in [0, 0.1) is 3.57 Å². The van der Waals surface area contributed by atoms with Crippen LogP contribution in [0.25, 0.3) is 0 Å². The van der Waals surface area contributed by atoms with Crippen LogP contribution in [0.2, 0.25) is 0 Å². The Balaban J connectivity index is 2.43. The summed E-state index contributed by atoms with van der Waals surface area (Å²) in [5.74, 6) is -3.25. The number of aromatic nitrogens is 2. The standard InChI is InChI=1S/C9H10F2IN3O3/c10-9(11)1-4(3-16)18-7(9)15-2-5(12)6(13)14-8(15)17/h2,4,7,16H,1,3H2,(H2,13,14,17)/t4-,7+/m1/s1. The molecule has 6 nitrogen and oxygen atoms in total. The van der Waals surface area contributed by atoms with Gasteiger partial charge in [-0.15, -0.1) is 0 Å². The van der Waals surface area contributed by atoms with Gasteiger partial charge < -0.3 is 15.6 Å². The van der Waals surface area contributed by atoms with Crippen molar-refractivity contribution in [3.05, 3.63) is 20.3 Å². The number of aliphatic hydroxyl groups excluding tert-OH is 1. The first kappa shape index (κ1) is 13.6. The SMILES string of the molecule is Nc1nc(=O)n([C@H]2O[C@@H](CO)CC2(F)F)cc1I. The van der Waals surface area contributed by atoms with Crippen LogP contribution in [0.5, 0.6) is 0 Å². The number of anilines is 1. The van der Waals surface area contributed by atoms with E-state index in [-0.39, 0.29) is 5.82 Å². The monoisotopic (exact) mass is 373 g/mol. The first-order chi connectivity index (χ1) is 8.35. The lowest BCUT2D eigenvalue weighted by molar-refractivity contribution is -0.120. The zero-order valence-electron chi connectivity index (χ0n) is 9.02. The van der Waals surface area contributed by atoms with Crippen LogP contribution in [0.1, 0.15) is 12.6 Å². The van der Waals surface area contributed by atoms with E-state index in [9.17, 15) is 13.6 Å². The third kappa shape index (κ3) is 2.34. The van der Waals surface area contributed by atoms with Crippen LogP contribution >= 0.6 is 22.6 Å². The Kier molecular flexibility index (Phi) is 3.56. The van der Waals surface area contributed by atoms with Gasteiger partial charge in [-0.05, 0) is 22.6 Å². The fraction of sp³-hybridized carbons (Fsp3) is 0.556. The molecule has 0 aliphatic carbocycles. The molecule has 1 aromatic rings. The van der Waals surface area contributed by atoms with Crippen molar-refractivity contribution in [2.24, 2.45) is 0 Å². The Bertz CT molecular complexity index is 522. The van der Waals surface area contributed by atoms with Crippen LogP contribution in [-0.4, -0.2) is 33.3 Å². The van der Waals surface area contributed by atoms with Gasteiger partial charge in [-0.2, -0.15) is 4.98 Å². The molecule has 0 aromatic carbocycles. The zero-order chi connectivity index (χ0) is 13.5. The number of ether oxygens (including phenoxy) is 1. The lowest BCUT2D eigenvalue weighted by Crippen LogP contribution is -2.35. The van der Waals surface area contributed by atoms with Gasteiger partial charge in [0.05, 0.1) is 16.3 Å². The first-order valence-electron chi connectivity index (χ1n) is 5.03. The number of nitrogen functional groups attached to an aromatic ring is 1. The number of aliphatic hydroxyl groups is 1. The van der Waals surface area contributed by atoms with Crippen LogP contribution < -0.4 is 11.4 Å². The van der Waals surface area contributed by atoms with Crippen molar-refractivity contribution in [1.29, 1.82) is 0 Å². The van der Waals surface area contributed by atoms with E-state index >= 15 is 0 Å². The third-order valence-electron chi connectivity index (χ3n) is 2.57. The molecule has 1 fully saturated rings. The molecule has 1 saturated heterocycles. The van der Waals surface area contributed by atoms with E-state index in [0.29, 0.717) is 8.14 Å². The summed E-state index contributed by atoms with van der Waals surface area (Å²) in [6.45, 7) is -0.527. The summed E-state index contributed by atoms with van der Waals surface area (Å²) in [6.07, 6.45) is -2.22. The lowest BCUT2D eigenvalue weighted by atomic mass is 10.2. The average molecular weight is 373 g/mol. The Morgan fingerprint density at radius 1 is 1.72 bits per heavy atom. The molecule has 18 heavy (non-hydrogen) atoms. The van der Waals surface area contributed by atoms with Crippen LogP contribution in [0.15, 0.2) is 11.0 Å². The molecule has 100 valence electrons. The van der Waals surface area contributed by atoms with Gasteiger partial charge >= 0.3 is 5.69 Å². The second kappa shape index (κ2) is 4.70. The normalized spacial score (nSPS) is 26.4. The maximum Gasteiger partial charge on any atom is 0.351 e. The van der Waals surface area contributed by atoms with Crippen molar-refractivity contribution in [3.63, 3.8) is 0 Å². The van der Waals surface area contributed by atoms with Gasteiger partial charge in [0.15, 0.2) is 0 Å². The third-order valence-corrected chi connectivity index (χ3v) is 3.40. The molecular weight excluding hydrogens is 363 g/mol. The molecule has 2 heterocycles. The van der Waals surface area contributed by atoms with Crippen molar-refractivity contribution >= 4 is 28.4 Å². The molecule has 2 rings (SSSR count). The molecule has 1 aliphatic rings. The van der Waals surface area contributed by atoms with E-state index in [1.807, 2.05) is 0 Å². The van der Waals surface area contributed by atoms with E-state index in [0.717, 1.165) is 0 Å². The number of hydrogen-bond donors (Lipinski definition) is 2. The molecule has 2 atom stereocenters. The maximum absolute atomic E-state index is 13.7. The van der Waals surface area contributed by atoms with Crippen molar-refractivity contribution in [2.45, 2.75) is 24.7 Å². The highest BCUT2D eigenvalue weighted by Gasteiger charge is 2.51. The van der Waals surface area contributed by atoms with Gasteiger partial charge in [0.25, 0.3) is 5.92 Å². The summed E-state index contributed by atoms with van der Waals surface area (Å²) in [7, 11) is 0. The van der Waals surface area contributed by atoms with Crippen molar-refractivity contribution < 1.29 is 18.6 Å². The predicted octanol–water partition coefficient (Wildman–Crippen LogP) is 0.345. The fourth-order valence-electron chi connectivity index (χ4n) is 1.74. The van der Waals surface area contributed by atoms with E-state index in [4.69, 9.17) is 15.6 Å².